The molecule has 2 heterocycles. The molecule has 0 atom stereocenters. The van der Waals surface area contributed by atoms with Crippen LogP contribution in [0.2, 0.25) is 0 Å². The largest absolute Gasteiger partial charge is 0.481 e. The van der Waals surface area contributed by atoms with Crippen LogP contribution in [0.3, 0.4) is 0 Å². The molecule has 162 valence electrons. The van der Waals surface area contributed by atoms with Gasteiger partial charge in [0.1, 0.15) is 0 Å². The molecule has 0 unspecified atom stereocenters. The normalized spacial score (nSPS) is 15.8. The van der Waals surface area contributed by atoms with Gasteiger partial charge in [0.05, 0.1) is 4.91 Å². The minimum Gasteiger partial charge on any atom is -0.481 e. The van der Waals surface area contributed by atoms with Crippen molar-refractivity contribution in [1.29, 1.82) is 0 Å². The molecule has 1 amide bonds. The minimum absolute atomic E-state index is 0.0561. The molecule has 0 aliphatic carbocycles. The summed E-state index contributed by atoms with van der Waals surface area (Å²) in [6.07, 6.45) is 5.84. The summed E-state index contributed by atoms with van der Waals surface area (Å²) in [4.78, 5) is 32.2. The summed E-state index contributed by atoms with van der Waals surface area (Å²) in [5.74, 6) is 0.185. The lowest BCUT2D eigenvalue weighted by molar-refractivity contribution is -0.137. The number of thioether (sulfide) groups is 2. The van der Waals surface area contributed by atoms with Crippen molar-refractivity contribution in [3.05, 3.63) is 34.9 Å². The van der Waals surface area contributed by atoms with Crippen LogP contribution < -0.4 is 5.32 Å². The molecule has 2 aliphatic rings. The molecule has 8 heteroatoms. The number of aliphatic imine (C=N–C) groups is 1. The zero-order valence-electron chi connectivity index (χ0n) is 17.4. The average molecular weight is 448 g/mol. The van der Waals surface area contributed by atoms with E-state index in [1.165, 1.54) is 11.8 Å². The van der Waals surface area contributed by atoms with Crippen LogP contribution in [0.4, 0.5) is 5.69 Å². The number of benzene rings is 1. The number of fused-ring (bicyclic) bond motifs is 1. The van der Waals surface area contributed by atoms with Crippen molar-refractivity contribution in [1.82, 2.24) is 4.90 Å². The van der Waals surface area contributed by atoms with Gasteiger partial charge in [0.25, 0.3) is 5.91 Å². The van der Waals surface area contributed by atoms with Gasteiger partial charge in [-0.05, 0) is 67.5 Å². The molecule has 0 bridgehead atoms. The molecule has 0 radical (unpaired) electrons. The average Bonchev–Trinajstić information content (AvgIpc) is 3.11. The highest BCUT2D eigenvalue weighted by Crippen LogP contribution is 2.38. The molecule has 30 heavy (non-hydrogen) atoms. The molecule has 0 saturated carbocycles. The van der Waals surface area contributed by atoms with E-state index in [1.807, 2.05) is 24.3 Å². The van der Waals surface area contributed by atoms with E-state index in [-0.39, 0.29) is 12.3 Å². The number of carboxylic acid groups (broad SMARTS) is 1. The smallest absolute Gasteiger partial charge is 0.303 e. The second kappa shape index (κ2) is 11.5. The summed E-state index contributed by atoms with van der Waals surface area (Å²) in [6.45, 7) is 3.92. The molecule has 0 aromatic heterocycles. The van der Waals surface area contributed by atoms with Gasteiger partial charge in [0, 0.05) is 35.8 Å². The molecule has 6 nitrogen and oxygen atoms in total. The quantitative estimate of drug-likeness (QED) is 0.359. The van der Waals surface area contributed by atoms with E-state index in [1.54, 1.807) is 11.8 Å². The van der Waals surface area contributed by atoms with Crippen molar-refractivity contribution in [3.63, 3.8) is 0 Å². The van der Waals surface area contributed by atoms with Crippen LogP contribution in [0.5, 0.6) is 0 Å². The van der Waals surface area contributed by atoms with Gasteiger partial charge in [-0.3, -0.25) is 14.6 Å². The number of amidine groups is 1. The Hall–Kier alpha value is -1.93. The third kappa shape index (κ3) is 6.28. The fraction of sp³-hybridized carbons (Fsp3) is 0.500. The van der Waals surface area contributed by atoms with Gasteiger partial charge in [-0.25, -0.2) is 0 Å². The third-order valence-corrected chi connectivity index (χ3v) is 7.16. The predicted molar refractivity (Wildman–Crippen MR) is 125 cm³/mol. The summed E-state index contributed by atoms with van der Waals surface area (Å²) in [7, 11) is 0. The standard InChI is InChI=1S/C22H29N3O3S2/c1-2-7-18-20(30-22-23-13-6-14-25(18)22)21(28)24-16-9-11-17(12-10-16)29-15-5-3-4-8-19(26)27/h9-12H,2-8,13-15H2,1H3,(H,24,28)(H,26,27). The van der Waals surface area contributed by atoms with Crippen LogP contribution >= 0.6 is 23.5 Å². The molecule has 0 spiro atoms. The second-order valence-electron chi connectivity index (χ2n) is 7.33. The maximum absolute atomic E-state index is 12.9. The van der Waals surface area contributed by atoms with E-state index < -0.39 is 5.97 Å². The number of unbranched alkanes of at least 4 members (excludes halogenated alkanes) is 2. The Morgan fingerprint density at radius 3 is 2.77 bits per heavy atom. The highest BCUT2D eigenvalue weighted by atomic mass is 32.2. The van der Waals surface area contributed by atoms with E-state index in [9.17, 15) is 9.59 Å². The highest BCUT2D eigenvalue weighted by molar-refractivity contribution is 8.18. The zero-order valence-corrected chi connectivity index (χ0v) is 19.0. The van der Waals surface area contributed by atoms with Crippen LogP contribution in [0.15, 0.2) is 44.8 Å². The van der Waals surface area contributed by atoms with Gasteiger partial charge in [-0.15, -0.1) is 11.8 Å². The summed E-state index contributed by atoms with van der Waals surface area (Å²) >= 11 is 3.25. The monoisotopic (exact) mass is 447 g/mol. The molecule has 0 saturated heterocycles. The number of carboxylic acids is 1. The van der Waals surface area contributed by atoms with Crippen molar-refractivity contribution in [2.24, 2.45) is 4.99 Å². The van der Waals surface area contributed by atoms with Crippen LogP contribution in [0.1, 0.15) is 51.9 Å². The minimum atomic E-state index is -0.724. The molecular weight excluding hydrogens is 418 g/mol. The lowest BCUT2D eigenvalue weighted by atomic mass is 10.2. The van der Waals surface area contributed by atoms with Gasteiger partial charge in [0.2, 0.25) is 0 Å². The SMILES string of the molecule is CCCC1=C(C(=O)Nc2ccc(SCCCCCC(=O)O)cc2)SC2=NCCCN21. The predicted octanol–water partition coefficient (Wildman–Crippen LogP) is 5.18. The molecule has 1 aromatic rings. The Bertz CT molecular complexity index is 821. The van der Waals surface area contributed by atoms with Gasteiger partial charge < -0.3 is 15.3 Å². The highest BCUT2D eigenvalue weighted by Gasteiger charge is 2.33. The number of amides is 1. The Kier molecular flexibility index (Phi) is 8.69. The van der Waals surface area contributed by atoms with Gasteiger partial charge >= 0.3 is 5.97 Å². The third-order valence-electron chi connectivity index (χ3n) is 4.91. The first-order chi connectivity index (χ1) is 14.6. The first kappa shape index (κ1) is 22.7. The maximum Gasteiger partial charge on any atom is 0.303 e. The summed E-state index contributed by atoms with van der Waals surface area (Å²) in [5.41, 5.74) is 1.90. The number of anilines is 1. The molecular formula is C22H29N3O3S2. The fourth-order valence-corrected chi connectivity index (χ4v) is 5.46. The lowest BCUT2D eigenvalue weighted by Gasteiger charge is -2.25. The van der Waals surface area contributed by atoms with Crippen molar-refractivity contribution >= 4 is 46.3 Å². The topological polar surface area (TPSA) is 82.0 Å². The number of rotatable bonds is 11. The van der Waals surface area contributed by atoms with Gasteiger partial charge in [-0.1, -0.05) is 19.8 Å². The first-order valence-corrected chi connectivity index (χ1v) is 12.4. The summed E-state index contributed by atoms with van der Waals surface area (Å²) in [5, 5.41) is 12.7. The van der Waals surface area contributed by atoms with Gasteiger partial charge in [0.15, 0.2) is 5.17 Å². The van der Waals surface area contributed by atoms with Crippen LogP contribution in [0, 0.1) is 0 Å². The summed E-state index contributed by atoms with van der Waals surface area (Å²) < 4.78 is 0. The molecule has 2 aliphatic heterocycles. The molecule has 0 fully saturated rings. The first-order valence-electron chi connectivity index (χ1n) is 10.6. The van der Waals surface area contributed by atoms with Crippen LogP contribution in [-0.4, -0.2) is 45.9 Å². The van der Waals surface area contributed by atoms with E-state index in [4.69, 9.17) is 5.11 Å². The number of aliphatic carboxylic acids is 1. The number of hydrogen-bond acceptors (Lipinski definition) is 6. The maximum atomic E-state index is 12.9. The number of allylic oxidation sites excluding steroid dienone is 1. The van der Waals surface area contributed by atoms with Crippen molar-refractivity contribution in [2.75, 3.05) is 24.2 Å². The number of hydrogen-bond donors (Lipinski definition) is 2. The number of nitrogens with one attached hydrogen (secondary N) is 1. The number of nitrogens with zero attached hydrogens (tertiary/aromatic N) is 2. The molecule has 3 rings (SSSR count). The Balaban J connectivity index is 1.51. The number of carbonyl (C=O) groups excluding carboxylic acids is 1. The summed E-state index contributed by atoms with van der Waals surface area (Å²) in [6, 6.07) is 7.92. The van der Waals surface area contributed by atoms with Crippen molar-refractivity contribution in [2.45, 2.75) is 56.8 Å². The Morgan fingerprint density at radius 1 is 1.23 bits per heavy atom. The Labute approximate surface area is 186 Å². The van der Waals surface area contributed by atoms with Gasteiger partial charge in [-0.2, -0.15) is 0 Å². The Morgan fingerprint density at radius 2 is 2.03 bits per heavy atom. The molecule has 1 aromatic carbocycles. The zero-order chi connectivity index (χ0) is 21.3. The van der Waals surface area contributed by atoms with E-state index in [2.05, 4.69) is 22.1 Å². The van der Waals surface area contributed by atoms with Crippen molar-refractivity contribution in [3.8, 4) is 0 Å². The van der Waals surface area contributed by atoms with E-state index >= 15 is 0 Å². The molecule has 2 N–H and O–H groups in total. The van der Waals surface area contributed by atoms with Crippen molar-refractivity contribution < 1.29 is 14.7 Å². The van der Waals surface area contributed by atoms with E-state index in [0.717, 1.165) is 83.7 Å². The lowest BCUT2D eigenvalue weighted by Crippen LogP contribution is -2.29. The second-order valence-corrected chi connectivity index (χ2v) is 9.47. The van der Waals surface area contributed by atoms with Crippen LogP contribution in [-0.2, 0) is 9.59 Å². The van der Waals surface area contributed by atoms with Crippen LogP contribution in [0.25, 0.3) is 0 Å². The number of carbonyl (C=O) groups is 2. The fourth-order valence-electron chi connectivity index (χ4n) is 3.43. The van der Waals surface area contributed by atoms with E-state index in [0.29, 0.717) is 0 Å².